The third kappa shape index (κ3) is 2.21. The van der Waals surface area contributed by atoms with Crippen LogP contribution in [-0.2, 0) is 4.84 Å². The second kappa shape index (κ2) is 4.43. The molecule has 0 amide bonds. The summed E-state index contributed by atoms with van der Waals surface area (Å²) in [7, 11) is 3.22. The van der Waals surface area contributed by atoms with E-state index in [1.54, 1.807) is 26.2 Å². The van der Waals surface area contributed by atoms with Crippen LogP contribution in [0.4, 0.5) is 0 Å². The van der Waals surface area contributed by atoms with Crippen molar-refractivity contribution in [2.24, 2.45) is 0 Å². The fourth-order valence-corrected chi connectivity index (χ4v) is 1.69. The summed E-state index contributed by atoms with van der Waals surface area (Å²) in [6, 6.07) is 10.6. The van der Waals surface area contributed by atoms with E-state index in [0.717, 1.165) is 5.39 Å². The molecule has 0 atom stereocenters. The normalized spacial score (nSPS) is 10.8. The van der Waals surface area contributed by atoms with Crippen molar-refractivity contribution in [2.45, 2.75) is 0 Å². The summed E-state index contributed by atoms with van der Waals surface area (Å²) < 4.78 is 0. The topological polar surface area (TPSA) is 49.8 Å². The minimum atomic E-state index is -0.565. The number of benzene rings is 2. The van der Waals surface area contributed by atoms with Crippen molar-refractivity contribution in [3.05, 3.63) is 42.0 Å². The minimum absolute atomic E-state index is 0.0736. The molecule has 4 heteroatoms. The number of carbonyl (C=O) groups is 1. The Balaban J connectivity index is 2.58. The Morgan fingerprint density at radius 1 is 1.18 bits per heavy atom. The van der Waals surface area contributed by atoms with Gasteiger partial charge in [-0.05, 0) is 11.5 Å². The number of fused-ring (bicyclic) bond motifs is 1. The highest BCUT2D eigenvalue weighted by Crippen LogP contribution is 2.27. The van der Waals surface area contributed by atoms with Crippen molar-refractivity contribution < 1.29 is 14.7 Å². The van der Waals surface area contributed by atoms with Gasteiger partial charge in [-0.3, -0.25) is 0 Å². The average molecular weight is 231 g/mol. The smallest absolute Gasteiger partial charge is 0.361 e. The summed E-state index contributed by atoms with van der Waals surface area (Å²) in [5, 5.41) is 12.6. The lowest BCUT2D eigenvalue weighted by Crippen LogP contribution is -2.18. The van der Waals surface area contributed by atoms with E-state index in [9.17, 15) is 9.90 Å². The molecule has 2 aromatic rings. The minimum Gasteiger partial charge on any atom is -0.507 e. The van der Waals surface area contributed by atoms with Crippen LogP contribution in [0.3, 0.4) is 0 Å². The quantitative estimate of drug-likeness (QED) is 0.805. The number of nitrogens with zero attached hydrogens (tertiary/aromatic N) is 1. The zero-order chi connectivity index (χ0) is 12.4. The van der Waals surface area contributed by atoms with Crippen LogP contribution in [0.5, 0.6) is 5.75 Å². The van der Waals surface area contributed by atoms with Crippen molar-refractivity contribution in [1.29, 1.82) is 0 Å². The Hall–Kier alpha value is -2.07. The Labute approximate surface area is 99.0 Å². The van der Waals surface area contributed by atoms with E-state index in [2.05, 4.69) is 0 Å². The van der Waals surface area contributed by atoms with E-state index >= 15 is 0 Å². The van der Waals surface area contributed by atoms with Gasteiger partial charge in [-0.1, -0.05) is 30.3 Å². The molecule has 0 spiro atoms. The molecule has 0 unspecified atom stereocenters. The lowest BCUT2D eigenvalue weighted by molar-refractivity contribution is -0.0713. The van der Waals surface area contributed by atoms with Gasteiger partial charge in [0.25, 0.3) is 0 Å². The number of hydrogen-bond donors (Lipinski definition) is 1. The maximum Gasteiger partial charge on any atom is 0.361 e. The Kier molecular flexibility index (Phi) is 2.97. The SMILES string of the molecule is CN(C)OC(=O)c1c(O)ccc2ccccc12. The van der Waals surface area contributed by atoms with Crippen LogP contribution in [-0.4, -0.2) is 30.2 Å². The molecule has 0 heterocycles. The molecular weight excluding hydrogens is 218 g/mol. The summed E-state index contributed by atoms with van der Waals surface area (Å²) in [5.74, 6) is -0.639. The molecule has 0 fully saturated rings. The number of hydrogen-bond acceptors (Lipinski definition) is 4. The van der Waals surface area contributed by atoms with Crippen LogP contribution >= 0.6 is 0 Å². The Morgan fingerprint density at radius 3 is 2.59 bits per heavy atom. The first-order valence-electron chi connectivity index (χ1n) is 5.20. The van der Waals surface area contributed by atoms with Gasteiger partial charge >= 0.3 is 5.97 Å². The zero-order valence-corrected chi connectivity index (χ0v) is 9.68. The number of rotatable bonds is 2. The van der Waals surface area contributed by atoms with Gasteiger partial charge in [0.2, 0.25) is 0 Å². The highest BCUT2D eigenvalue weighted by molar-refractivity contribution is 6.06. The van der Waals surface area contributed by atoms with Crippen LogP contribution < -0.4 is 0 Å². The molecule has 2 aromatic carbocycles. The largest absolute Gasteiger partial charge is 0.507 e. The highest BCUT2D eigenvalue weighted by Gasteiger charge is 2.17. The van der Waals surface area contributed by atoms with E-state index in [1.807, 2.05) is 18.2 Å². The number of phenolic OH excluding ortho intramolecular Hbond substituents is 1. The molecule has 88 valence electrons. The molecule has 0 aliphatic carbocycles. The second-order valence-corrected chi connectivity index (χ2v) is 3.87. The monoisotopic (exact) mass is 231 g/mol. The van der Waals surface area contributed by atoms with Crippen molar-refractivity contribution in [1.82, 2.24) is 5.06 Å². The first kappa shape index (κ1) is 11.4. The molecule has 4 nitrogen and oxygen atoms in total. The predicted molar refractivity (Wildman–Crippen MR) is 64.7 cm³/mol. The van der Waals surface area contributed by atoms with Crippen LogP contribution in [0.1, 0.15) is 10.4 Å². The van der Waals surface area contributed by atoms with Gasteiger partial charge in [0.15, 0.2) is 0 Å². The van der Waals surface area contributed by atoms with Crippen LogP contribution in [0, 0.1) is 0 Å². The van der Waals surface area contributed by atoms with Crippen molar-refractivity contribution in [3.8, 4) is 5.75 Å². The van der Waals surface area contributed by atoms with Crippen molar-refractivity contribution >= 4 is 16.7 Å². The highest BCUT2D eigenvalue weighted by atomic mass is 16.7. The number of carbonyl (C=O) groups excluding carboxylic acids is 1. The summed E-state index contributed by atoms with van der Waals surface area (Å²) >= 11 is 0. The molecule has 0 aliphatic heterocycles. The van der Waals surface area contributed by atoms with Gasteiger partial charge in [0.1, 0.15) is 11.3 Å². The molecule has 17 heavy (non-hydrogen) atoms. The van der Waals surface area contributed by atoms with E-state index in [1.165, 1.54) is 11.1 Å². The molecule has 2 rings (SSSR count). The first-order chi connectivity index (χ1) is 8.09. The number of aromatic hydroxyl groups is 1. The molecule has 0 bridgehead atoms. The fraction of sp³-hybridized carbons (Fsp3) is 0.154. The second-order valence-electron chi connectivity index (χ2n) is 3.87. The maximum atomic E-state index is 11.9. The third-order valence-electron chi connectivity index (χ3n) is 2.38. The predicted octanol–water partition coefficient (Wildman–Crippen LogP) is 2.18. The van der Waals surface area contributed by atoms with Crippen molar-refractivity contribution in [3.63, 3.8) is 0 Å². The van der Waals surface area contributed by atoms with Crippen LogP contribution in [0.15, 0.2) is 36.4 Å². The summed E-state index contributed by atoms with van der Waals surface area (Å²) in [6.45, 7) is 0. The van der Waals surface area contributed by atoms with Crippen molar-refractivity contribution in [2.75, 3.05) is 14.1 Å². The lowest BCUT2D eigenvalue weighted by atomic mass is 10.0. The molecule has 0 radical (unpaired) electrons. The van der Waals surface area contributed by atoms with E-state index in [0.29, 0.717) is 5.39 Å². The molecular formula is C13H13NO3. The average Bonchev–Trinajstić information content (AvgIpc) is 2.27. The lowest BCUT2D eigenvalue weighted by Gasteiger charge is -2.12. The molecule has 0 aromatic heterocycles. The Bertz CT molecular complexity index is 564. The molecule has 0 aliphatic rings. The molecule has 1 N–H and O–H groups in total. The third-order valence-corrected chi connectivity index (χ3v) is 2.38. The zero-order valence-electron chi connectivity index (χ0n) is 9.68. The van der Waals surface area contributed by atoms with Gasteiger partial charge in [0.05, 0.1) is 0 Å². The standard InChI is InChI=1S/C13H13NO3/c1-14(2)17-13(16)12-10-6-4-3-5-9(10)7-8-11(12)15/h3-8,15H,1-2H3. The van der Waals surface area contributed by atoms with E-state index < -0.39 is 5.97 Å². The van der Waals surface area contributed by atoms with Gasteiger partial charge in [-0.25, -0.2) is 4.79 Å². The van der Waals surface area contributed by atoms with Gasteiger partial charge in [-0.15, -0.1) is 5.06 Å². The fourth-order valence-electron chi connectivity index (χ4n) is 1.69. The van der Waals surface area contributed by atoms with E-state index in [-0.39, 0.29) is 11.3 Å². The molecule has 0 saturated carbocycles. The van der Waals surface area contributed by atoms with Crippen LogP contribution in [0.25, 0.3) is 10.8 Å². The molecule has 0 saturated heterocycles. The Morgan fingerprint density at radius 2 is 1.88 bits per heavy atom. The van der Waals surface area contributed by atoms with Gasteiger partial charge in [-0.2, -0.15) is 0 Å². The summed E-state index contributed by atoms with van der Waals surface area (Å²) in [4.78, 5) is 16.8. The summed E-state index contributed by atoms with van der Waals surface area (Å²) in [6.07, 6.45) is 0. The van der Waals surface area contributed by atoms with Crippen LogP contribution in [0.2, 0.25) is 0 Å². The summed E-state index contributed by atoms with van der Waals surface area (Å²) in [5.41, 5.74) is 0.191. The maximum absolute atomic E-state index is 11.9. The van der Waals surface area contributed by atoms with E-state index in [4.69, 9.17) is 4.84 Å². The number of hydroxylamine groups is 2. The first-order valence-corrected chi connectivity index (χ1v) is 5.20. The number of phenols is 1. The van der Waals surface area contributed by atoms with Gasteiger partial charge < -0.3 is 9.94 Å². The van der Waals surface area contributed by atoms with Gasteiger partial charge in [0, 0.05) is 19.5 Å².